The number of rotatable bonds is 4. The number of aromatic amines is 1. The number of carbonyl (C=O) groups excluding carboxylic acids is 2. The number of nitrogens with one attached hydrogen (secondary N) is 1. The zero-order valence-corrected chi connectivity index (χ0v) is 20.2. The van der Waals surface area contributed by atoms with Gasteiger partial charge in [-0.2, -0.15) is 0 Å². The lowest BCUT2D eigenvalue weighted by Crippen LogP contribution is -2.49. The molecule has 3 aromatic rings. The van der Waals surface area contributed by atoms with E-state index in [4.69, 9.17) is 0 Å². The topological polar surface area (TPSA) is 59.7 Å². The number of likely N-dealkylation sites (tertiary alicyclic amines) is 1. The summed E-state index contributed by atoms with van der Waals surface area (Å²) >= 11 is 0. The third-order valence-corrected chi connectivity index (χ3v) is 8.33. The van der Waals surface area contributed by atoms with E-state index in [0.29, 0.717) is 43.8 Å². The molecular formula is C28H30F2N4O2. The monoisotopic (exact) mass is 492 g/mol. The maximum Gasteiger partial charge on any atom is 0.270 e. The van der Waals surface area contributed by atoms with Crippen LogP contribution in [-0.2, 0) is 11.3 Å². The molecule has 188 valence electrons. The summed E-state index contributed by atoms with van der Waals surface area (Å²) in [6.45, 7) is 4.94. The predicted molar refractivity (Wildman–Crippen MR) is 132 cm³/mol. The van der Waals surface area contributed by atoms with Crippen molar-refractivity contribution in [2.24, 2.45) is 11.3 Å². The molecule has 1 saturated carbocycles. The van der Waals surface area contributed by atoms with Crippen LogP contribution in [0, 0.1) is 23.0 Å². The van der Waals surface area contributed by atoms with Crippen molar-refractivity contribution in [3.8, 4) is 0 Å². The Morgan fingerprint density at radius 1 is 0.889 bits per heavy atom. The van der Waals surface area contributed by atoms with Crippen LogP contribution in [0.25, 0.3) is 10.9 Å². The number of fused-ring (bicyclic) bond motifs is 1. The smallest absolute Gasteiger partial charge is 0.270 e. The molecule has 6 rings (SSSR count). The van der Waals surface area contributed by atoms with Gasteiger partial charge in [-0.05, 0) is 66.6 Å². The summed E-state index contributed by atoms with van der Waals surface area (Å²) in [7, 11) is 0. The number of hydrogen-bond donors (Lipinski definition) is 1. The number of H-pyrrole nitrogens is 1. The van der Waals surface area contributed by atoms with Crippen molar-refractivity contribution in [1.82, 2.24) is 19.7 Å². The van der Waals surface area contributed by atoms with E-state index < -0.39 is 0 Å². The molecular weight excluding hydrogens is 462 g/mol. The minimum atomic E-state index is -0.321. The van der Waals surface area contributed by atoms with E-state index in [2.05, 4.69) is 9.88 Å². The molecule has 1 aromatic heterocycles. The van der Waals surface area contributed by atoms with Gasteiger partial charge in [0.25, 0.3) is 5.91 Å². The average Bonchev–Trinajstić information content (AvgIpc) is 3.40. The standard InChI is InChI=1S/C28H30F2N4O2/c29-21-3-1-2-19(14-21)18-32-10-12-34(13-11-32)26(35)23-17-28(23)6-8-33(9-7-28)27(36)25-16-20-15-22(30)4-5-24(20)31-25/h1-5,14-16,23,31H,6-13,17-18H2/t23-/m0/s1. The molecule has 1 spiro atoms. The Labute approximate surface area is 208 Å². The number of hydrogen-bond acceptors (Lipinski definition) is 3. The summed E-state index contributed by atoms with van der Waals surface area (Å²) in [5.41, 5.74) is 2.20. The number of aromatic nitrogens is 1. The van der Waals surface area contributed by atoms with Gasteiger partial charge in [0.2, 0.25) is 5.91 Å². The molecule has 2 amide bonds. The molecule has 0 bridgehead atoms. The summed E-state index contributed by atoms with van der Waals surface area (Å²) in [6.07, 6.45) is 2.58. The van der Waals surface area contributed by atoms with Crippen molar-refractivity contribution in [3.05, 3.63) is 71.4 Å². The Balaban J connectivity index is 1.00. The van der Waals surface area contributed by atoms with Crippen LogP contribution in [0.15, 0.2) is 48.5 Å². The summed E-state index contributed by atoms with van der Waals surface area (Å²) in [5.74, 6) is -0.305. The third kappa shape index (κ3) is 4.39. The summed E-state index contributed by atoms with van der Waals surface area (Å²) < 4.78 is 27.0. The van der Waals surface area contributed by atoms with Crippen LogP contribution in [0.3, 0.4) is 0 Å². The summed E-state index contributed by atoms with van der Waals surface area (Å²) in [5, 5.41) is 0.690. The fraction of sp³-hybridized carbons (Fsp3) is 0.429. The van der Waals surface area contributed by atoms with Gasteiger partial charge in [-0.15, -0.1) is 0 Å². The van der Waals surface area contributed by atoms with Gasteiger partial charge < -0.3 is 14.8 Å². The molecule has 3 heterocycles. The minimum absolute atomic E-state index is 0.0239. The zero-order chi connectivity index (χ0) is 24.9. The summed E-state index contributed by atoms with van der Waals surface area (Å²) in [4.78, 5) is 35.5. The first kappa shape index (κ1) is 23.2. The fourth-order valence-electron chi connectivity index (χ4n) is 6.03. The molecule has 2 aliphatic heterocycles. The van der Waals surface area contributed by atoms with Gasteiger partial charge >= 0.3 is 0 Å². The number of amides is 2. The Morgan fingerprint density at radius 3 is 2.39 bits per heavy atom. The molecule has 0 unspecified atom stereocenters. The maximum atomic E-state index is 13.5. The van der Waals surface area contributed by atoms with Crippen LogP contribution in [0.4, 0.5) is 8.78 Å². The van der Waals surface area contributed by atoms with Crippen LogP contribution in [0.1, 0.15) is 35.3 Å². The lowest BCUT2D eigenvalue weighted by Gasteiger charge is -2.36. The number of piperidine rings is 1. The van der Waals surface area contributed by atoms with E-state index in [1.165, 1.54) is 18.2 Å². The maximum absolute atomic E-state index is 13.5. The Kier molecular flexibility index (Phi) is 5.79. The SMILES string of the molecule is O=C(c1cc2cc(F)ccc2[nH]1)N1CCC2(CC1)C[C@H]2C(=O)N1CCN(Cc2cccc(F)c2)CC1. The highest BCUT2D eigenvalue weighted by Crippen LogP contribution is 2.60. The van der Waals surface area contributed by atoms with E-state index in [1.807, 2.05) is 15.9 Å². The van der Waals surface area contributed by atoms with Crippen LogP contribution >= 0.6 is 0 Å². The molecule has 3 fully saturated rings. The van der Waals surface area contributed by atoms with Crippen LogP contribution in [0.2, 0.25) is 0 Å². The minimum Gasteiger partial charge on any atom is -0.351 e. The molecule has 3 aliphatic rings. The Morgan fingerprint density at radius 2 is 1.64 bits per heavy atom. The first-order valence-corrected chi connectivity index (χ1v) is 12.7. The zero-order valence-electron chi connectivity index (χ0n) is 20.2. The van der Waals surface area contributed by atoms with E-state index in [1.54, 1.807) is 24.3 Å². The number of benzene rings is 2. The van der Waals surface area contributed by atoms with Gasteiger partial charge in [0.1, 0.15) is 17.3 Å². The van der Waals surface area contributed by atoms with Gasteiger partial charge in [-0.25, -0.2) is 8.78 Å². The third-order valence-electron chi connectivity index (χ3n) is 8.33. The number of carbonyl (C=O) groups is 2. The van der Waals surface area contributed by atoms with Crippen LogP contribution in [0.5, 0.6) is 0 Å². The van der Waals surface area contributed by atoms with E-state index in [0.717, 1.165) is 43.4 Å². The molecule has 1 atom stereocenters. The first-order valence-electron chi connectivity index (χ1n) is 12.7. The second-order valence-electron chi connectivity index (χ2n) is 10.6. The largest absolute Gasteiger partial charge is 0.351 e. The molecule has 6 nitrogen and oxygen atoms in total. The normalized spacial score (nSPS) is 21.8. The number of halogens is 2. The predicted octanol–water partition coefficient (Wildman–Crippen LogP) is 4.03. The van der Waals surface area contributed by atoms with Gasteiger partial charge in [-0.3, -0.25) is 14.5 Å². The van der Waals surface area contributed by atoms with E-state index >= 15 is 0 Å². The van der Waals surface area contributed by atoms with E-state index in [-0.39, 0.29) is 34.8 Å². The van der Waals surface area contributed by atoms with E-state index in [9.17, 15) is 18.4 Å². The van der Waals surface area contributed by atoms with Gasteiger partial charge in [-0.1, -0.05) is 12.1 Å². The van der Waals surface area contributed by atoms with Gasteiger partial charge in [0.15, 0.2) is 0 Å². The molecule has 2 saturated heterocycles. The Hall–Kier alpha value is -3.26. The highest BCUT2D eigenvalue weighted by molar-refractivity contribution is 5.98. The van der Waals surface area contributed by atoms with Crippen molar-refractivity contribution in [2.45, 2.75) is 25.8 Å². The number of piperazine rings is 1. The van der Waals surface area contributed by atoms with Gasteiger partial charge in [0.05, 0.1) is 0 Å². The van der Waals surface area contributed by atoms with Crippen molar-refractivity contribution in [2.75, 3.05) is 39.3 Å². The molecule has 8 heteroatoms. The van der Waals surface area contributed by atoms with Crippen LogP contribution in [-0.4, -0.2) is 70.8 Å². The van der Waals surface area contributed by atoms with Crippen LogP contribution < -0.4 is 0 Å². The summed E-state index contributed by atoms with van der Waals surface area (Å²) in [6, 6.07) is 12.9. The van der Waals surface area contributed by atoms with Crippen molar-refractivity contribution < 1.29 is 18.4 Å². The molecule has 36 heavy (non-hydrogen) atoms. The lowest BCUT2D eigenvalue weighted by molar-refractivity contribution is -0.135. The molecule has 2 aromatic carbocycles. The number of nitrogens with zero attached hydrogens (tertiary/aromatic N) is 3. The highest BCUT2D eigenvalue weighted by Gasteiger charge is 2.59. The fourth-order valence-corrected chi connectivity index (χ4v) is 6.03. The van der Waals surface area contributed by atoms with Crippen molar-refractivity contribution in [3.63, 3.8) is 0 Å². The van der Waals surface area contributed by atoms with Crippen molar-refractivity contribution >= 4 is 22.7 Å². The van der Waals surface area contributed by atoms with Crippen molar-refractivity contribution in [1.29, 1.82) is 0 Å². The first-order chi connectivity index (χ1) is 17.4. The molecule has 0 radical (unpaired) electrons. The Bertz CT molecular complexity index is 1310. The molecule has 1 aliphatic carbocycles. The lowest BCUT2D eigenvalue weighted by atomic mass is 9.90. The average molecular weight is 493 g/mol. The second kappa shape index (κ2) is 9.00. The molecule has 1 N–H and O–H groups in total. The highest BCUT2D eigenvalue weighted by atomic mass is 19.1. The van der Waals surface area contributed by atoms with Gasteiger partial charge in [0, 0.05) is 62.6 Å². The quantitative estimate of drug-likeness (QED) is 0.598. The second-order valence-corrected chi connectivity index (χ2v) is 10.6.